The van der Waals surface area contributed by atoms with Crippen LogP contribution in [0.15, 0.2) is 28.6 Å². The lowest BCUT2D eigenvalue weighted by Gasteiger charge is -2.36. The second-order valence-corrected chi connectivity index (χ2v) is 9.22. The quantitative estimate of drug-likeness (QED) is 0.668. The minimum atomic E-state index is -0.235. The highest BCUT2D eigenvalue weighted by molar-refractivity contribution is 8.01. The summed E-state index contributed by atoms with van der Waals surface area (Å²) < 4.78 is 19.4. The molecule has 7 nitrogen and oxygen atoms in total. The van der Waals surface area contributed by atoms with Crippen LogP contribution < -0.4 is 10.2 Å². The third-order valence-corrected chi connectivity index (χ3v) is 7.05. The van der Waals surface area contributed by atoms with E-state index in [4.69, 9.17) is 4.74 Å². The average molecular weight is 438 g/mol. The average Bonchev–Trinajstić information content (AvgIpc) is 3.43. The molecule has 4 rings (SSSR count). The number of ether oxygens (including phenoxy) is 1. The molecule has 0 saturated carbocycles. The summed E-state index contributed by atoms with van der Waals surface area (Å²) in [5.74, 6) is 0.232. The van der Waals surface area contributed by atoms with Crippen LogP contribution in [0.4, 0.5) is 15.2 Å². The minimum absolute atomic E-state index is 0.109. The maximum atomic E-state index is 13.1. The summed E-state index contributed by atoms with van der Waals surface area (Å²) in [7, 11) is 0. The summed E-state index contributed by atoms with van der Waals surface area (Å²) in [6.07, 6.45) is 2.45. The fourth-order valence-electron chi connectivity index (χ4n) is 3.43. The lowest BCUT2D eigenvalue weighted by atomic mass is 10.2. The van der Waals surface area contributed by atoms with E-state index in [1.807, 2.05) is 4.90 Å². The molecule has 2 fully saturated rings. The van der Waals surface area contributed by atoms with Gasteiger partial charge in [-0.25, -0.2) is 4.39 Å². The number of piperazine rings is 1. The summed E-state index contributed by atoms with van der Waals surface area (Å²) in [6.45, 7) is 4.42. The molecule has 2 aliphatic rings. The zero-order chi connectivity index (χ0) is 20.1. The lowest BCUT2D eigenvalue weighted by Crippen LogP contribution is -2.49. The van der Waals surface area contributed by atoms with E-state index >= 15 is 0 Å². The molecule has 10 heteroatoms. The van der Waals surface area contributed by atoms with Crippen molar-refractivity contribution in [2.45, 2.75) is 23.3 Å². The Morgan fingerprint density at radius 3 is 2.76 bits per heavy atom. The van der Waals surface area contributed by atoms with Gasteiger partial charge in [-0.3, -0.25) is 4.79 Å². The van der Waals surface area contributed by atoms with E-state index in [0.717, 1.165) is 54.2 Å². The normalized spacial score (nSPS) is 19.6. The highest BCUT2D eigenvalue weighted by Crippen LogP contribution is 2.26. The van der Waals surface area contributed by atoms with Crippen LogP contribution in [-0.2, 0) is 9.53 Å². The van der Waals surface area contributed by atoms with Gasteiger partial charge in [-0.1, -0.05) is 23.1 Å². The maximum Gasteiger partial charge on any atom is 0.233 e. The van der Waals surface area contributed by atoms with Crippen LogP contribution in [0.25, 0.3) is 0 Å². The number of nitrogens with one attached hydrogen (secondary N) is 1. The molecule has 1 amide bonds. The summed E-state index contributed by atoms with van der Waals surface area (Å²) in [4.78, 5) is 16.6. The number of halogens is 1. The second kappa shape index (κ2) is 9.73. The highest BCUT2D eigenvalue weighted by atomic mass is 32.2. The van der Waals surface area contributed by atoms with Gasteiger partial charge in [0, 0.05) is 45.0 Å². The zero-order valence-corrected chi connectivity index (χ0v) is 17.7. The van der Waals surface area contributed by atoms with Crippen molar-refractivity contribution >= 4 is 39.8 Å². The molecule has 29 heavy (non-hydrogen) atoms. The van der Waals surface area contributed by atoms with Gasteiger partial charge >= 0.3 is 0 Å². The summed E-state index contributed by atoms with van der Waals surface area (Å²) in [5, 5.41) is 12.3. The molecular formula is C19H24FN5O2S2. The third-order valence-electron chi connectivity index (χ3n) is 5.05. The molecule has 1 atom stereocenters. The zero-order valence-electron chi connectivity index (χ0n) is 16.1. The first-order valence-electron chi connectivity index (χ1n) is 9.77. The number of thioether (sulfide) groups is 1. The molecule has 1 N–H and O–H groups in total. The molecule has 1 aromatic carbocycles. The van der Waals surface area contributed by atoms with E-state index in [1.54, 1.807) is 12.1 Å². The van der Waals surface area contributed by atoms with Crippen LogP contribution in [0, 0.1) is 5.82 Å². The van der Waals surface area contributed by atoms with Crippen molar-refractivity contribution in [2.75, 3.05) is 55.3 Å². The van der Waals surface area contributed by atoms with Gasteiger partial charge in [0.2, 0.25) is 11.0 Å². The highest BCUT2D eigenvalue weighted by Gasteiger charge is 2.22. The smallest absolute Gasteiger partial charge is 0.233 e. The van der Waals surface area contributed by atoms with Crippen molar-refractivity contribution in [2.24, 2.45) is 0 Å². The number of carbonyl (C=O) groups excluding carboxylic acids is 1. The minimum Gasteiger partial charge on any atom is -0.376 e. The van der Waals surface area contributed by atoms with Crippen LogP contribution in [0.1, 0.15) is 12.8 Å². The van der Waals surface area contributed by atoms with Crippen LogP contribution in [0.2, 0.25) is 0 Å². The molecule has 3 heterocycles. The molecule has 156 valence electrons. The summed E-state index contributed by atoms with van der Waals surface area (Å²) in [5.41, 5.74) is 0.991. The van der Waals surface area contributed by atoms with Gasteiger partial charge in [-0.05, 0) is 37.1 Å². The van der Waals surface area contributed by atoms with E-state index in [0.29, 0.717) is 18.8 Å². The van der Waals surface area contributed by atoms with Crippen molar-refractivity contribution in [1.29, 1.82) is 0 Å². The van der Waals surface area contributed by atoms with E-state index in [-0.39, 0.29) is 17.8 Å². The largest absolute Gasteiger partial charge is 0.376 e. The SMILES string of the molecule is O=C(CSc1nnc(NC[C@@H]2CCCO2)s1)N1CCN(c2ccc(F)cc2)CC1. The Morgan fingerprint density at radius 1 is 1.24 bits per heavy atom. The number of hydrogen-bond acceptors (Lipinski definition) is 8. The van der Waals surface area contributed by atoms with E-state index < -0.39 is 0 Å². The predicted molar refractivity (Wildman–Crippen MR) is 113 cm³/mol. The Kier molecular flexibility index (Phi) is 6.83. The molecule has 2 aliphatic heterocycles. The molecule has 0 bridgehead atoms. The Bertz CT molecular complexity index is 805. The first-order valence-corrected chi connectivity index (χ1v) is 11.6. The summed E-state index contributed by atoms with van der Waals surface area (Å²) >= 11 is 2.90. The fourth-order valence-corrected chi connectivity index (χ4v) is 5.09. The maximum absolute atomic E-state index is 13.1. The third kappa shape index (κ3) is 5.58. The van der Waals surface area contributed by atoms with Gasteiger partial charge in [0.1, 0.15) is 5.82 Å². The number of rotatable bonds is 7. The number of anilines is 2. The van der Waals surface area contributed by atoms with Gasteiger partial charge in [-0.15, -0.1) is 10.2 Å². The van der Waals surface area contributed by atoms with Crippen LogP contribution >= 0.6 is 23.1 Å². The molecule has 0 unspecified atom stereocenters. The van der Waals surface area contributed by atoms with Crippen molar-refractivity contribution in [3.8, 4) is 0 Å². The van der Waals surface area contributed by atoms with E-state index in [9.17, 15) is 9.18 Å². The number of aromatic nitrogens is 2. The Balaban J connectivity index is 1.19. The number of hydrogen-bond donors (Lipinski definition) is 1. The van der Waals surface area contributed by atoms with Crippen molar-refractivity contribution in [3.63, 3.8) is 0 Å². The topological polar surface area (TPSA) is 70.6 Å². The van der Waals surface area contributed by atoms with Crippen LogP contribution in [0.5, 0.6) is 0 Å². The molecule has 0 aliphatic carbocycles. The standard InChI is InChI=1S/C19H24FN5O2S2/c20-14-3-5-15(6-4-14)24-7-9-25(10-8-24)17(26)13-28-19-23-22-18(29-19)21-12-16-2-1-11-27-16/h3-6,16H,1-2,7-13H2,(H,21,22)/t16-/m0/s1. The number of amides is 1. The number of nitrogens with zero attached hydrogens (tertiary/aromatic N) is 4. The Morgan fingerprint density at radius 2 is 2.03 bits per heavy atom. The molecule has 0 radical (unpaired) electrons. The van der Waals surface area contributed by atoms with Crippen LogP contribution in [-0.4, -0.2) is 72.2 Å². The molecule has 0 spiro atoms. The monoisotopic (exact) mass is 437 g/mol. The molecule has 2 aromatic rings. The van der Waals surface area contributed by atoms with Gasteiger partial charge in [0.25, 0.3) is 0 Å². The van der Waals surface area contributed by atoms with E-state index in [1.165, 1.54) is 35.2 Å². The van der Waals surface area contributed by atoms with Gasteiger partial charge < -0.3 is 19.9 Å². The summed E-state index contributed by atoms with van der Waals surface area (Å²) in [6, 6.07) is 6.50. The van der Waals surface area contributed by atoms with Gasteiger partial charge in [-0.2, -0.15) is 0 Å². The first kappa shape index (κ1) is 20.4. The lowest BCUT2D eigenvalue weighted by molar-refractivity contribution is -0.128. The molecule has 1 aromatic heterocycles. The number of carbonyl (C=O) groups is 1. The van der Waals surface area contributed by atoms with E-state index in [2.05, 4.69) is 20.4 Å². The van der Waals surface area contributed by atoms with Crippen molar-refractivity contribution in [1.82, 2.24) is 15.1 Å². The van der Waals surface area contributed by atoms with Gasteiger partial charge in [0.15, 0.2) is 4.34 Å². The second-order valence-electron chi connectivity index (χ2n) is 7.02. The fraction of sp³-hybridized carbons (Fsp3) is 0.526. The van der Waals surface area contributed by atoms with Gasteiger partial charge in [0.05, 0.1) is 11.9 Å². The van der Waals surface area contributed by atoms with Crippen LogP contribution in [0.3, 0.4) is 0 Å². The first-order chi connectivity index (χ1) is 14.2. The molecule has 2 saturated heterocycles. The Hall–Kier alpha value is -1.91. The predicted octanol–water partition coefficient (Wildman–Crippen LogP) is 2.71. The number of benzene rings is 1. The van der Waals surface area contributed by atoms with Crippen molar-refractivity contribution in [3.05, 3.63) is 30.1 Å². The molecular weight excluding hydrogens is 413 g/mol. The van der Waals surface area contributed by atoms with Crippen molar-refractivity contribution < 1.29 is 13.9 Å². The Labute approximate surface area is 177 Å².